The minimum atomic E-state index is 1.22. The van der Waals surface area contributed by atoms with Crippen molar-refractivity contribution in [1.82, 2.24) is 0 Å². The molecule has 0 heteroatoms. The van der Waals surface area contributed by atoms with Crippen molar-refractivity contribution in [1.29, 1.82) is 0 Å². The van der Waals surface area contributed by atoms with E-state index in [1.807, 2.05) is 0 Å². The monoisotopic (exact) mass is 786 g/mol. The number of benzene rings is 12. The van der Waals surface area contributed by atoms with Gasteiger partial charge in [0.15, 0.2) is 0 Å². The van der Waals surface area contributed by atoms with Crippen LogP contribution in [0.3, 0.4) is 0 Å². The van der Waals surface area contributed by atoms with Crippen LogP contribution in [0.4, 0.5) is 0 Å². The molecule has 290 valence electrons. The number of hydrogen-bond acceptors (Lipinski definition) is 0. The van der Waals surface area contributed by atoms with Crippen molar-refractivity contribution in [3.05, 3.63) is 230 Å². The van der Waals surface area contributed by atoms with Crippen LogP contribution in [0.5, 0.6) is 0 Å². The lowest BCUT2D eigenvalue weighted by molar-refractivity contribution is 1.39. The largest absolute Gasteiger partial charge is 0.0622 e. The molecule has 0 saturated carbocycles. The Bertz CT molecular complexity index is 3670. The van der Waals surface area contributed by atoms with Gasteiger partial charge in [0.2, 0.25) is 0 Å². The lowest BCUT2D eigenvalue weighted by atomic mass is 9.84. The fourth-order valence-electron chi connectivity index (χ4n) is 10.5. The van der Waals surface area contributed by atoms with E-state index in [0.29, 0.717) is 0 Å². The predicted molar refractivity (Wildman–Crippen MR) is 268 cm³/mol. The maximum absolute atomic E-state index is 2.41. The highest BCUT2D eigenvalue weighted by Gasteiger charge is 2.20. The summed E-state index contributed by atoms with van der Waals surface area (Å²) in [7, 11) is 0. The highest BCUT2D eigenvalue weighted by molar-refractivity contribution is 6.24. The maximum Gasteiger partial charge on any atom is -0.00261 e. The van der Waals surface area contributed by atoms with Gasteiger partial charge in [0, 0.05) is 0 Å². The van der Waals surface area contributed by atoms with Gasteiger partial charge in [-0.3, -0.25) is 0 Å². The molecule has 0 bridgehead atoms. The van der Waals surface area contributed by atoms with Crippen molar-refractivity contribution in [3.8, 4) is 55.6 Å². The average molecular weight is 787 g/mol. The molecule has 12 aromatic rings. The third-order valence-corrected chi connectivity index (χ3v) is 13.0. The highest BCUT2D eigenvalue weighted by atomic mass is 14.2. The summed E-state index contributed by atoms with van der Waals surface area (Å²) in [6.07, 6.45) is 0. The maximum atomic E-state index is 2.41. The van der Waals surface area contributed by atoms with Gasteiger partial charge in [-0.1, -0.05) is 211 Å². The molecule has 0 N–H and O–H groups in total. The van der Waals surface area contributed by atoms with Crippen LogP contribution in [0.2, 0.25) is 0 Å². The zero-order valence-corrected chi connectivity index (χ0v) is 34.8. The molecule has 0 spiro atoms. The van der Waals surface area contributed by atoms with Crippen LogP contribution in [-0.4, -0.2) is 0 Å². The molecule has 0 aromatic heterocycles. The summed E-state index contributed by atoms with van der Waals surface area (Å²) in [5, 5.41) is 15.2. The third-order valence-electron chi connectivity index (χ3n) is 13.0. The molecule has 0 unspecified atom stereocenters. The molecule has 12 aromatic carbocycles. The van der Waals surface area contributed by atoms with E-state index in [9.17, 15) is 0 Å². The fourth-order valence-corrected chi connectivity index (χ4v) is 10.5. The molecule has 0 nitrogen and oxygen atoms in total. The molecular weight excluding hydrogens is 745 g/mol. The van der Waals surface area contributed by atoms with Crippen LogP contribution in [-0.2, 0) is 0 Å². The van der Waals surface area contributed by atoms with Crippen molar-refractivity contribution < 1.29 is 0 Å². The van der Waals surface area contributed by atoms with Crippen LogP contribution >= 0.6 is 0 Å². The molecule has 0 fully saturated rings. The highest BCUT2D eigenvalue weighted by Crippen LogP contribution is 2.47. The first-order chi connectivity index (χ1) is 30.6. The lowest BCUT2D eigenvalue weighted by Crippen LogP contribution is -1.92. The Hall–Kier alpha value is -7.80. The van der Waals surface area contributed by atoms with Crippen molar-refractivity contribution in [3.63, 3.8) is 0 Å². The Morgan fingerprint density at radius 3 is 1.02 bits per heavy atom. The van der Waals surface area contributed by atoms with Crippen LogP contribution in [0.25, 0.3) is 120 Å². The predicted octanol–water partition coefficient (Wildman–Crippen LogP) is 17.6. The van der Waals surface area contributed by atoms with Gasteiger partial charge in [0.05, 0.1) is 0 Å². The van der Waals surface area contributed by atoms with Gasteiger partial charge >= 0.3 is 0 Å². The van der Waals surface area contributed by atoms with Crippen LogP contribution in [0.15, 0.2) is 218 Å². The van der Waals surface area contributed by atoms with E-state index in [1.54, 1.807) is 0 Å². The SMILES string of the molecule is Cc1cc(C)cc(-c2c3ccccc3c(-c3ccc4c(ccc5cc(-c6c7ccccc7c(-c7ccccc7)c7cc(-c8ccccc8)ccc67)ccc54)c3)c3ccccc23)c1. The molecule has 0 atom stereocenters. The number of hydrogen-bond donors (Lipinski definition) is 0. The first kappa shape index (κ1) is 36.1. The van der Waals surface area contributed by atoms with Crippen molar-refractivity contribution in [2.45, 2.75) is 13.8 Å². The van der Waals surface area contributed by atoms with Crippen molar-refractivity contribution >= 4 is 64.6 Å². The standard InChI is InChI=1S/C62H42/c1-39-33-40(2)35-48(34-39)62-55-23-13-11-21-53(55)60(54-22-12-14-24-56(54)62)46-28-30-49-44(36-46)25-26-45-37-47(29-31-50(45)49)61-52-20-10-9-19-51(52)59(42-17-7-4-8-18-42)58-38-43(27-32-57(58)61)41-15-5-3-6-16-41/h3-38H,1-2H3. The lowest BCUT2D eigenvalue weighted by Gasteiger charge is -2.19. The Morgan fingerprint density at radius 1 is 0.194 bits per heavy atom. The summed E-state index contributed by atoms with van der Waals surface area (Å²) in [6, 6.07) is 81.3. The van der Waals surface area contributed by atoms with E-state index in [4.69, 9.17) is 0 Å². The van der Waals surface area contributed by atoms with Crippen LogP contribution in [0, 0.1) is 13.8 Å². The summed E-state index contributed by atoms with van der Waals surface area (Å²) in [4.78, 5) is 0. The Balaban J connectivity index is 1.04. The van der Waals surface area contributed by atoms with Gasteiger partial charge in [-0.25, -0.2) is 0 Å². The van der Waals surface area contributed by atoms with Gasteiger partial charge in [0.1, 0.15) is 0 Å². The first-order valence-corrected chi connectivity index (χ1v) is 21.7. The quantitative estimate of drug-likeness (QED) is 0.120. The molecule has 0 aliphatic heterocycles. The molecule has 0 saturated heterocycles. The summed E-state index contributed by atoms with van der Waals surface area (Å²) in [5.41, 5.74) is 15.1. The second-order valence-corrected chi connectivity index (χ2v) is 16.9. The molecular formula is C62H42. The van der Waals surface area contributed by atoms with Gasteiger partial charge in [0.25, 0.3) is 0 Å². The molecule has 0 aliphatic rings. The van der Waals surface area contributed by atoms with E-state index in [2.05, 4.69) is 232 Å². The minimum Gasteiger partial charge on any atom is -0.0622 e. The topological polar surface area (TPSA) is 0 Å². The zero-order chi connectivity index (χ0) is 41.3. The smallest absolute Gasteiger partial charge is 0.00261 e. The Labute approximate surface area is 362 Å². The minimum absolute atomic E-state index is 1.22. The molecule has 0 radical (unpaired) electrons. The molecule has 12 rings (SSSR count). The second-order valence-electron chi connectivity index (χ2n) is 16.9. The van der Waals surface area contributed by atoms with Crippen molar-refractivity contribution in [2.75, 3.05) is 0 Å². The Kier molecular flexibility index (Phi) is 8.40. The summed E-state index contributed by atoms with van der Waals surface area (Å²) >= 11 is 0. The summed E-state index contributed by atoms with van der Waals surface area (Å²) < 4.78 is 0. The van der Waals surface area contributed by atoms with Crippen molar-refractivity contribution in [2.24, 2.45) is 0 Å². The van der Waals surface area contributed by atoms with E-state index < -0.39 is 0 Å². The average Bonchev–Trinajstić information content (AvgIpc) is 3.32. The first-order valence-electron chi connectivity index (χ1n) is 21.7. The van der Waals surface area contributed by atoms with E-state index in [0.717, 1.165) is 0 Å². The van der Waals surface area contributed by atoms with Gasteiger partial charge in [-0.05, 0) is 152 Å². The van der Waals surface area contributed by atoms with Crippen LogP contribution in [0.1, 0.15) is 11.1 Å². The number of fused-ring (bicyclic) bond motifs is 7. The number of aryl methyl sites for hydroxylation is 2. The molecule has 0 amide bonds. The Morgan fingerprint density at radius 2 is 0.548 bits per heavy atom. The van der Waals surface area contributed by atoms with E-state index in [-0.39, 0.29) is 0 Å². The molecule has 0 heterocycles. The second kappa shape index (κ2) is 14.4. The van der Waals surface area contributed by atoms with Gasteiger partial charge in [-0.2, -0.15) is 0 Å². The fraction of sp³-hybridized carbons (Fsp3) is 0.0323. The zero-order valence-electron chi connectivity index (χ0n) is 34.8. The number of rotatable bonds is 5. The third kappa shape index (κ3) is 5.83. The summed E-state index contributed by atoms with van der Waals surface area (Å²) in [6.45, 7) is 4.40. The normalized spacial score (nSPS) is 11.7. The molecule has 0 aliphatic carbocycles. The summed E-state index contributed by atoms with van der Waals surface area (Å²) in [5.74, 6) is 0. The van der Waals surface area contributed by atoms with Gasteiger partial charge in [-0.15, -0.1) is 0 Å². The molecule has 62 heavy (non-hydrogen) atoms. The van der Waals surface area contributed by atoms with Gasteiger partial charge < -0.3 is 0 Å². The van der Waals surface area contributed by atoms with Crippen LogP contribution < -0.4 is 0 Å². The van der Waals surface area contributed by atoms with E-state index >= 15 is 0 Å². The van der Waals surface area contributed by atoms with E-state index in [1.165, 1.54) is 131 Å².